The van der Waals surface area contributed by atoms with Crippen molar-refractivity contribution in [1.29, 1.82) is 0 Å². The molecule has 1 aliphatic carbocycles. The van der Waals surface area contributed by atoms with Gasteiger partial charge in [0.2, 0.25) is 0 Å². The van der Waals surface area contributed by atoms with Gasteiger partial charge in [-0.15, -0.1) is 0 Å². The number of oxazole rings is 1. The highest BCUT2D eigenvalue weighted by molar-refractivity contribution is 6.33. The Bertz CT molecular complexity index is 1340. The molecule has 1 aromatic heterocycles. The number of nitrogens with one attached hydrogen (secondary N) is 1. The Morgan fingerprint density at radius 3 is 2.73 bits per heavy atom. The van der Waals surface area contributed by atoms with Gasteiger partial charge in [-0.25, -0.2) is 4.39 Å². The second-order valence-corrected chi connectivity index (χ2v) is 10.7. The van der Waals surface area contributed by atoms with Gasteiger partial charge in [-0.3, -0.25) is 14.4 Å². The first-order valence-corrected chi connectivity index (χ1v) is 14.0. The van der Waals surface area contributed by atoms with Crippen LogP contribution in [0.4, 0.5) is 16.1 Å². The molecule has 2 heterocycles. The van der Waals surface area contributed by atoms with Crippen molar-refractivity contribution >= 4 is 46.2 Å². The largest absolute Gasteiger partial charge is 0.469 e. The molecule has 40 heavy (non-hydrogen) atoms. The molecule has 0 spiro atoms. The lowest BCUT2D eigenvalue weighted by Gasteiger charge is -2.29. The Morgan fingerprint density at radius 2 is 1.95 bits per heavy atom. The van der Waals surface area contributed by atoms with Crippen LogP contribution in [-0.2, 0) is 30.3 Å². The van der Waals surface area contributed by atoms with Gasteiger partial charge in [0, 0.05) is 13.0 Å². The van der Waals surface area contributed by atoms with E-state index in [2.05, 4.69) is 10.3 Å². The van der Waals surface area contributed by atoms with Gasteiger partial charge >= 0.3 is 5.97 Å². The number of nitrogens with zero attached hydrogens (tertiary/aromatic N) is 2. The number of carbonyl (C=O) groups excluding carboxylic acids is 2. The first-order chi connectivity index (χ1) is 19.4. The summed E-state index contributed by atoms with van der Waals surface area (Å²) < 4.78 is 31.8. The van der Waals surface area contributed by atoms with Crippen molar-refractivity contribution in [2.75, 3.05) is 32.2 Å². The maximum Gasteiger partial charge on any atom is 0.308 e. The molecule has 2 aromatic carbocycles. The monoisotopic (exact) mass is 573 g/mol. The molecule has 5 rings (SSSR count). The lowest BCUT2D eigenvalue weighted by atomic mass is 9.87. The number of hydroxylamine groups is 2. The van der Waals surface area contributed by atoms with Crippen molar-refractivity contribution < 1.29 is 32.7 Å². The second-order valence-electron chi connectivity index (χ2n) is 10.3. The van der Waals surface area contributed by atoms with Crippen molar-refractivity contribution in [3.8, 4) is 0 Å². The van der Waals surface area contributed by atoms with Crippen LogP contribution in [0.1, 0.15) is 44.1 Å². The summed E-state index contributed by atoms with van der Waals surface area (Å²) in [5.41, 5.74) is 1.10. The van der Waals surface area contributed by atoms with Crippen LogP contribution in [-0.4, -0.2) is 60.8 Å². The summed E-state index contributed by atoms with van der Waals surface area (Å²) >= 11 is 6.16. The van der Waals surface area contributed by atoms with E-state index in [4.69, 9.17) is 30.3 Å². The number of benzene rings is 2. The van der Waals surface area contributed by atoms with Gasteiger partial charge < -0.3 is 19.2 Å². The lowest BCUT2D eigenvalue weighted by molar-refractivity contribution is -0.186. The molecule has 3 aromatic rings. The lowest BCUT2D eigenvalue weighted by Crippen LogP contribution is -2.37. The Kier molecular flexibility index (Phi) is 9.31. The van der Waals surface area contributed by atoms with Crippen LogP contribution in [0, 0.1) is 11.7 Å². The number of para-hydroxylation sites is 1. The first-order valence-electron chi connectivity index (χ1n) is 13.6. The minimum absolute atomic E-state index is 0.0295. The first kappa shape index (κ1) is 28.5. The molecule has 1 saturated carbocycles. The number of carbonyl (C=O) groups is 2. The number of aromatic nitrogens is 1. The highest BCUT2D eigenvalue weighted by Gasteiger charge is 2.31. The van der Waals surface area contributed by atoms with E-state index in [0.717, 1.165) is 38.5 Å². The molecule has 2 aliphatic rings. The summed E-state index contributed by atoms with van der Waals surface area (Å²) in [4.78, 5) is 34.5. The number of hydrogen-bond acceptors (Lipinski definition) is 9. The minimum Gasteiger partial charge on any atom is -0.469 e. The Balaban J connectivity index is 1.10. The maximum atomic E-state index is 15.2. The van der Waals surface area contributed by atoms with E-state index in [9.17, 15) is 9.59 Å². The molecule has 1 N–H and O–H groups in total. The third-order valence-electron chi connectivity index (χ3n) is 7.53. The van der Waals surface area contributed by atoms with E-state index < -0.39 is 5.82 Å². The number of rotatable bonds is 11. The van der Waals surface area contributed by atoms with Gasteiger partial charge in [0.15, 0.2) is 17.2 Å². The average Bonchev–Trinajstić information content (AvgIpc) is 3.60. The fourth-order valence-electron chi connectivity index (χ4n) is 5.31. The van der Waals surface area contributed by atoms with Crippen molar-refractivity contribution in [3.63, 3.8) is 0 Å². The zero-order chi connectivity index (χ0) is 28.1. The molecular formula is C29H33ClFN3O6. The molecule has 0 amide bonds. The Morgan fingerprint density at radius 1 is 1.15 bits per heavy atom. The highest BCUT2D eigenvalue weighted by Crippen LogP contribution is 2.30. The van der Waals surface area contributed by atoms with E-state index in [0.29, 0.717) is 29.4 Å². The molecule has 9 nitrogen and oxygen atoms in total. The molecule has 0 radical (unpaired) electrons. The van der Waals surface area contributed by atoms with E-state index in [-0.39, 0.29) is 60.0 Å². The summed E-state index contributed by atoms with van der Waals surface area (Å²) in [6.07, 6.45) is 5.02. The quantitative estimate of drug-likeness (QED) is 0.293. The number of ketones is 1. The van der Waals surface area contributed by atoms with Gasteiger partial charge in [-0.05, 0) is 62.3 Å². The average molecular weight is 574 g/mol. The fourth-order valence-corrected chi connectivity index (χ4v) is 5.49. The van der Waals surface area contributed by atoms with Crippen LogP contribution in [0.5, 0.6) is 0 Å². The van der Waals surface area contributed by atoms with E-state index in [1.165, 1.54) is 7.11 Å². The zero-order valence-corrected chi connectivity index (χ0v) is 23.1. The number of esters is 1. The topological polar surface area (TPSA) is 103 Å². The van der Waals surface area contributed by atoms with Gasteiger partial charge in [-0.2, -0.15) is 10.0 Å². The highest BCUT2D eigenvalue weighted by atomic mass is 35.5. The number of Topliss-reactive ketones (excluding diaryl/α,β-unsaturated/α-hetero) is 1. The van der Waals surface area contributed by atoms with Crippen LogP contribution in [0.15, 0.2) is 40.8 Å². The van der Waals surface area contributed by atoms with Gasteiger partial charge in [0.05, 0.1) is 42.5 Å². The van der Waals surface area contributed by atoms with Crippen LogP contribution in [0.3, 0.4) is 0 Å². The molecule has 11 heteroatoms. The second kappa shape index (κ2) is 13.1. The maximum absolute atomic E-state index is 15.2. The van der Waals surface area contributed by atoms with E-state index >= 15 is 4.39 Å². The standard InChI is InChI=1S/C29H33ClFN3O6/c1-37-28(36)18-8-11-22(12-9-18)38-16-20-5-4-14-34(20)39-17-21(35)15-19-10-13-25-27(26(19)31)40-29(33-25)32-24-7-3-2-6-23(24)30/h2-3,6-7,10,13,18,20,22H,4-5,8-9,11-12,14-17H2,1H3,(H,32,33)/t18?,20-,22?/m0/s1. The number of ether oxygens (including phenoxy) is 2. The molecule has 1 atom stereocenters. The molecular weight excluding hydrogens is 541 g/mol. The van der Waals surface area contributed by atoms with Crippen molar-refractivity contribution in [1.82, 2.24) is 10.0 Å². The SMILES string of the molecule is COC(=O)C1CCC(OC[C@@H]2CCCN2OCC(=O)Cc2ccc3nc(Nc4ccccc4Cl)oc3c2F)CC1. The summed E-state index contributed by atoms with van der Waals surface area (Å²) in [5, 5.41) is 5.23. The van der Waals surface area contributed by atoms with Gasteiger partial charge in [0.25, 0.3) is 6.01 Å². The van der Waals surface area contributed by atoms with E-state index in [1.54, 1.807) is 41.5 Å². The molecule has 2 fully saturated rings. The minimum atomic E-state index is -0.625. The van der Waals surface area contributed by atoms with Crippen molar-refractivity contribution in [2.45, 2.75) is 57.1 Å². The van der Waals surface area contributed by atoms with Crippen LogP contribution in [0.2, 0.25) is 5.02 Å². The summed E-state index contributed by atoms with van der Waals surface area (Å²) in [6.45, 7) is 1.05. The van der Waals surface area contributed by atoms with Gasteiger partial charge in [-0.1, -0.05) is 29.8 Å². The number of hydrogen-bond donors (Lipinski definition) is 1. The third-order valence-corrected chi connectivity index (χ3v) is 7.86. The number of anilines is 2. The summed E-state index contributed by atoms with van der Waals surface area (Å²) in [7, 11) is 1.42. The summed E-state index contributed by atoms with van der Waals surface area (Å²) in [6, 6.07) is 10.4. The summed E-state index contributed by atoms with van der Waals surface area (Å²) in [5.74, 6) is -1.06. The zero-order valence-electron chi connectivity index (χ0n) is 22.4. The van der Waals surface area contributed by atoms with Gasteiger partial charge in [0.1, 0.15) is 12.1 Å². The predicted octanol–water partition coefficient (Wildman–Crippen LogP) is 5.62. The van der Waals surface area contributed by atoms with Crippen LogP contribution < -0.4 is 5.32 Å². The number of methoxy groups -OCH3 is 1. The molecule has 0 unspecified atom stereocenters. The number of fused-ring (bicyclic) bond motifs is 1. The molecule has 1 saturated heterocycles. The smallest absolute Gasteiger partial charge is 0.308 e. The molecule has 214 valence electrons. The van der Waals surface area contributed by atoms with Crippen LogP contribution >= 0.6 is 11.6 Å². The Labute approximate surface area is 236 Å². The van der Waals surface area contributed by atoms with E-state index in [1.807, 2.05) is 0 Å². The van der Waals surface area contributed by atoms with Crippen LogP contribution in [0.25, 0.3) is 11.1 Å². The third kappa shape index (κ3) is 6.80. The fraction of sp³-hybridized carbons (Fsp3) is 0.483. The van der Waals surface area contributed by atoms with Crippen molar-refractivity contribution in [3.05, 3.63) is 52.8 Å². The predicted molar refractivity (Wildman–Crippen MR) is 147 cm³/mol. The molecule has 1 aliphatic heterocycles. The normalized spacial score (nSPS) is 21.5. The molecule has 0 bridgehead atoms. The number of halogens is 2. The Hall–Kier alpha value is -3.05. The van der Waals surface area contributed by atoms with Crippen molar-refractivity contribution in [2.24, 2.45) is 5.92 Å².